The van der Waals surface area contributed by atoms with Crippen molar-refractivity contribution in [3.8, 4) is 11.3 Å². The fourth-order valence-electron chi connectivity index (χ4n) is 2.60. The lowest BCUT2D eigenvalue weighted by Gasteiger charge is -2.09. The van der Waals surface area contributed by atoms with Crippen molar-refractivity contribution in [2.75, 3.05) is 13.2 Å². The third-order valence-electron chi connectivity index (χ3n) is 3.79. The van der Waals surface area contributed by atoms with Crippen LogP contribution in [0.25, 0.3) is 11.3 Å². The SMILES string of the molecule is O=[N+]([O-])c1ccc(-c2ccc(CNCC3CCCO3)o2)c(Br)c1. The predicted molar refractivity (Wildman–Crippen MR) is 89.2 cm³/mol. The first-order valence-corrected chi connectivity index (χ1v) is 8.28. The Morgan fingerprint density at radius 3 is 2.91 bits per heavy atom. The van der Waals surface area contributed by atoms with E-state index >= 15 is 0 Å². The highest BCUT2D eigenvalue weighted by molar-refractivity contribution is 9.10. The topological polar surface area (TPSA) is 77.5 Å². The van der Waals surface area contributed by atoms with Gasteiger partial charge in [-0.25, -0.2) is 0 Å². The van der Waals surface area contributed by atoms with Crippen molar-refractivity contribution in [1.29, 1.82) is 0 Å². The van der Waals surface area contributed by atoms with E-state index in [4.69, 9.17) is 9.15 Å². The second-order valence-corrected chi connectivity index (χ2v) is 6.31. The molecule has 1 fully saturated rings. The molecule has 0 aliphatic carbocycles. The van der Waals surface area contributed by atoms with Crippen LogP contribution in [0.3, 0.4) is 0 Å². The van der Waals surface area contributed by atoms with E-state index < -0.39 is 4.92 Å². The first-order chi connectivity index (χ1) is 11.1. The van der Waals surface area contributed by atoms with Gasteiger partial charge in [0.25, 0.3) is 5.69 Å². The molecule has 0 saturated carbocycles. The quantitative estimate of drug-likeness (QED) is 0.607. The zero-order valence-electron chi connectivity index (χ0n) is 12.5. The van der Waals surface area contributed by atoms with Crippen LogP contribution in [-0.2, 0) is 11.3 Å². The molecule has 0 radical (unpaired) electrons. The largest absolute Gasteiger partial charge is 0.460 e. The van der Waals surface area contributed by atoms with E-state index in [-0.39, 0.29) is 5.69 Å². The molecule has 6 nitrogen and oxygen atoms in total. The summed E-state index contributed by atoms with van der Waals surface area (Å²) in [6.07, 6.45) is 2.53. The van der Waals surface area contributed by atoms with Gasteiger partial charge in [0.2, 0.25) is 0 Å². The number of nitrogens with one attached hydrogen (secondary N) is 1. The molecule has 0 spiro atoms. The van der Waals surface area contributed by atoms with Crippen LogP contribution in [-0.4, -0.2) is 24.2 Å². The molecule has 2 heterocycles. The number of furan rings is 1. The summed E-state index contributed by atoms with van der Waals surface area (Å²) in [4.78, 5) is 10.4. The van der Waals surface area contributed by atoms with Crippen molar-refractivity contribution in [2.45, 2.75) is 25.5 Å². The Hall–Kier alpha value is -1.70. The summed E-state index contributed by atoms with van der Waals surface area (Å²) in [5.41, 5.74) is 0.839. The average Bonchev–Trinajstić information content (AvgIpc) is 3.19. The van der Waals surface area contributed by atoms with Crippen molar-refractivity contribution >= 4 is 21.6 Å². The summed E-state index contributed by atoms with van der Waals surface area (Å²) in [5.74, 6) is 1.50. The molecule has 3 rings (SSSR count). The number of rotatable bonds is 6. The van der Waals surface area contributed by atoms with Crippen LogP contribution in [0, 0.1) is 10.1 Å². The number of hydrogen-bond acceptors (Lipinski definition) is 5. The van der Waals surface area contributed by atoms with Crippen molar-refractivity contribution in [3.63, 3.8) is 0 Å². The number of non-ortho nitro benzene ring substituents is 1. The van der Waals surface area contributed by atoms with Gasteiger partial charge < -0.3 is 14.5 Å². The number of nitro groups is 1. The van der Waals surface area contributed by atoms with Crippen molar-refractivity contribution < 1.29 is 14.1 Å². The Kier molecular flexibility index (Phi) is 5.09. The number of halogens is 1. The Morgan fingerprint density at radius 1 is 1.35 bits per heavy atom. The number of hydrogen-bond donors (Lipinski definition) is 1. The highest BCUT2D eigenvalue weighted by Crippen LogP contribution is 2.32. The third-order valence-corrected chi connectivity index (χ3v) is 4.44. The fraction of sp³-hybridized carbons (Fsp3) is 0.375. The lowest BCUT2D eigenvalue weighted by molar-refractivity contribution is -0.384. The summed E-state index contributed by atoms with van der Waals surface area (Å²) in [7, 11) is 0. The summed E-state index contributed by atoms with van der Waals surface area (Å²) in [5, 5.41) is 14.1. The van der Waals surface area contributed by atoms with Crippen molar-refractivity contribution in [1.82, 2.24) is 5.32 Å². The van der Waals surface area contributed by atoms with E-state index in [0.29, 0.717) is 22.9 Å². The van der Waals surface area contributed by atoms with Crippen LogP contribution < -0.4 is 5.32 Å². The third kappa shape index (κ3) is 3.99. The minimum atomic E-state index is -0.420. The molecule has 2 aromatic rings. The van der Waals surface area contributed by atoms with Gasteiger partial charge in [0.05, 0.1) is 17.6 Å². The Balaban J connectivity index is 1.63. The summed E-state index contributed by atoms with van der Waals surface area (Å²) in [6, 6.07) is 8.41. The number of ether oxygens (including phenoxy) is 1. The molecule has 1 atom stereocenters. The van der Waals surface area contributed by atoms with Crippen molar-refractivity contribution in [2.24, 2.45) is 0 Å². The smallest absolute Gasteiger partial charge is 0.270 e. The molecule has 1 aromatic carbocycles. The van der Waals surface area contributed by atoms with E-state index in [1.165, 1.54) is 12.1 Å². The molecule has 1 unspecified atom stereocenters. The average molecular weight is 381 g/mol. The van der Waals surface area contributed by atoms with Crippen LogP contribution in [0.1, 0.15) is 18.6 Å². The van der Waals surface area contributed by atoms with Gasteiger partial charge >= 0.3 is 0 Å². The van der Waals surface area contributed by atoms with Crippen LogP contribution in [0.4, 0.5) is 5.69 Å². The minimum Gasteiger partial charge on any atom is -0.460 e. The molecular weight excluding hydrogens is 364 g/mol. The summed E-state index contributed by atoms with van der Waals surface area (Å²) >= 11 is 3.36. The molecule has 7 heteroatoms. The molecule has 1 aliphatic rings. The van der Waals surface area contributed by atoms with E-state index in [1.54, 1.807) is 6.07 Å². The number of nitro benzene ring substituents is 1. The zero-order valence-corrected chi connectivity index (χ0v) is 14.0. The maximum absolute atomic E-state index is 10.8. The van der Waals surface area contributed by atoms with Gasteiger partial charge in [-0.05, 0) is 47.0 Å². The first kappa shape index (κ1) is 16.2. The van der Waals surface area contributed by atoms with Crippen LogP contribution in [0.2, 0.25) is 0 Å². The standard InChI is InChI=1S/C16H17BrN2O4/c17-15-8-11(19(20)21)3-5-14(15)16-6-4-13(23-16)10-18-9-12-2-1-7-22-12/h3-6,8,12,18H,1-2,7,9-10H2. The van der Waals surface area contributed by atoms with Gasteiger partial charge in [0.15, 0.2) is 0 Å². The zero-order chi connectivity index (χ0) is 16.2. The monoisotopic (exact) mass is 380 g/mol. The van der Waals surface area contributed by atoms with Gasteiger partial charge in [-0.1, -0.05) is 0 Å². The highest BCUT2D eigenvalue weighted by Gasteiger charge is 2.16. The maximum Gasteiger partial charge on any atom is 0.270 e. The lowest BCUT2D eigenvalue weighted by Crippen LogP contribution is -2.25. The van der Waals surface area contributed by atoms with Gasteiger partial charge in [-0.3, -0.25) is 10.1 Å². The Morgan fingerprint density at radius 2 is 2.22 bits per heavy atom. The van der Waals surface area contributed by atoms with Crippen LogP contribution in [0.5, 0.6) is 0 Å². The summed E-state index contributed by atoms with van der Waals surface area (Å²) < 4.78 is 12.0. The molecule has 0 amide bonds. The molecule has 122 valence electrons. The lowest BCUT2D eigenvalue weighted by atomic mass is 10.1. The Labute approximate surface area is 142 Å². The first-order valence-electron chi connectivity index (χ1n) is 7.49. The second-order valence-electron chi connectivity index (χ2n) is 5.45. The minimum absolute atomic E-state index is 0.0469. The normalized spacial score (nSPS) is 17.5. The van der Waals surface area contributed by atoms with Gasteiger partial charge in [0, 0.05) is 35.3 Å². The molecule has 23 heavy (non-hydrogen) atoms. The summed E-state index contributed by atoms with van der Waals surface area (Å²) in [6.45, 7) is 2.30. The predicted octanol–water partition coefficient (Wildman–Crippen LogP) is 3.89. The maximum atomic E-state index is 10.8. The molecule has 0 bridgehead atoms. The highest BCUT2D eigenvalue weighted by atomic mass is 79.9. The fourth-order valence-corrected chi connectivity index (χ4v) is 3.16. The molecule has 1 aliphatic heterocycles. The van der Waals surface area contributed by atoms with E-state index in [2.05, 4.69) is 21.2 Å². The van der Waals surface area contributed by atoms with E-state index in [1.807, 2.05) is 12.1 Å². The van der Waals surface area contributed by atoms with Crippen molar-refractivity contribution in [3.05, 3.63) is 50.7 Å². The van der Waals surface area contributed by atoms with E-state index in [9.17, 15) is 10.1 Å². The molecule has 1 aromatic heterocycles. The number of benzene rings is 1. The van der Waals surface area contributed by atoms with Gasteiger partial charge in [0.1, 0.15) is 11.5 Å². The van der Waals surface area contributed by atoms with Crippen LogP contribution in [0.15, 0.2) is 39.2 Å². The number of nitrogens with zero attached hydrogens (tertiary/aromatic N) is 1. The van der Waals surface area contributed by atoms with Gasteiger partial charge in [-0.15, -0.1) is 0 Å². The van der Waals surface area contributed by atoms with Crippen LogP contribution >= 0.6 is 15.9 Å². The second kappa shape index (κ2) is 7.25. The Bertz CT molecular complexity index is 695. The van der Waals surface area contributed by atoms with E-state index in [0.717, 1.165) is 37.3 Å². The molecular formula is C16H17BrN2O4. The molecule has 1 saturated heterocycles. The van der Waals surface area contributed by atoms with Gasteiger partial charge in [-0.2, -0.15) is 0 Å². The molecule has 1 N–H and O–H groups in total.